The fourth-order valence-electron chi connectivity index (χ4n) is 2.22. The Kier molecular flexibility index (Phi) is 4.86. The molecule has 0 aliphatic rings. The Morgan fingerprint density at radius 3 is 2.50 bits per heavy atom. The van der Waals surface area contributed by atoms with Gasteiger partial charge < -0.3 is 9.30 Å². The van der Waals surface area contributed by atoms with Crippen LogP contribution in [0.2, 0.25) is 0 Å². The topological polar surface area (TPSA) is 113 Å². The lowest BCUT2D eigenvalue weighted by Gasteiger charge is -2.04. The average molecular weight is 336 g/mol. The number of anilines is 1. The Labute approximate surface area is 137 Å². The van der Waals surface area contributed by atoms with Gasteiger partial charge in [0.2, 0.25) is 5.95 Å². The van der Waals surface area contributed by atoms with Gasteiger partial charge in [-0.3, -0.25) is 18.7 Å². The van der Waals surface area contributed by atoms with E-state index in [1.165, 1.54) is 23.2 Å². The first kappa shape index (κ1) is 17.4. The van der Waals surface area contributed by atoms with Crippen molar-refractivity contribution in [2.75, 3.05) is 12.0 Å². The van der Waals surface area contributed by atoms with E-state index in [1.54, 1.807) is 20.9 Å². The molecule has 0 bridgehead atoms. The number of aryl methyl sites for hydroxylation is 2. The summed E-state index contributed by atoms with van der Waals surface area (Å²) < 4.78 is 8.66. The van der Waals surface area contributed by atoms with E-state index in [4.69, 9.17) is 4.74 Å². The van der Waals surface area contributed by atoms with Gasteiger partial charge in [-0.25, -0.2) is 10.2 Å². The maximum atomic E-state index is 12.3. The lowest BCUT2D eigenvalue weighted by atomic mass is 10.3. The van der Waals surface area contributed by atoms with Gasteiger partial charge in [0.25, 0.3) is 5.56 Å². The first-order valence-corrected chi connectivity index (χ1v) is 7.35. The minimum Gasteiger partial charge on any atom is -0.466 e. The molecule has 2 aromatic heterocycles. The first-order chi connectivity index (χ1) is 11.3. The van der Waals surface area contributed by atoms with Crippen LogP contribution in [-0.4, -0.2) is 37.0 Å². The normalized spacial score (nSPS) is 11.8. The lowest BCUT2D eigenvalue weighted by molar-refractivity contribution is -0.141. The summed E-state index contributed by atoms with van der Waals surface area (Å²) in [5, 5.41) is 4.06. The highest BCUT2D eigenvalue weighted by Gasteiger charge is 2.16. The van der Waals surface area contributed by atoms with Crippen LogP contribution in [-0.2, 0) is 30.7 Å². The molecule has 130 valence electrons. The molecular weight excluding hydrogens is 316 g/mol. The summed E-state index contributed by atoms with van der Waals surface area (Å²) in [6, 6.07) is 0. The maximum absolute atomic E-state index is 12.3. The van der Waals surface area contributed by atoms with Crippen LogP contribution in [0.5, 0.6) is 0 Å². The van der Waals surface area contributed by atoms with E-state index in [9.17, 15) is 14.4 Å². The minimum absolute atomic E-state index is 0.0467. The molecule has 0 saturated carbocycles. The molecule has 0 aromatic carbocycles. The average Bonchev–Trinajstić information content (AvgIpc) is 2.86. The number of carbonyl (C=O) groups is 1. The quantitative estimate of drug-likeness (QED) is 0.456. The standard InChI is InChI=1S/C14H20N6O4/c1-6-24-9(21)7-8(2)16-17-13-15-11-10(18(13)3)12(22)20(5)14(23)19(11)4/h6-7H2,1-5H3,(H,15,17)/b16-8+. The van der Waals surface area contributed by atoms with Gasteiger partial charge in [-0.05, 0) is 13.8 Å². The first-order valence-electron chi connectivity index (χ1n) is 7.35. The number of imidazole rings is 1. The second-order valence-corrected chi connectivity index (χ2v) is 5.31. The van der Waals surface area contributed by atoms with Crippen LogP contribution < -0.4 is 16.7 Å². The van der Waals surface area contributed by atoms with Gasteiger partial charge in [0.05, 0.1) is 13.0 Å². The van der Waals surface area contributed by atoms with Crippen molar-refractivity contribution < 1.29 is 9.53 Å². The van der Waals surface area contributed by atoms with Crippen LogP contribution in [0, 0.1) is 0 Å². The number of ether oxygens (including phenoxy) is 1. The third-order valence-corrected chi connectivity index (χ3v) is 3.53. The van der Waals surface area contributed by atoms with Crippen molar-refractivity contribution in [1.82, 2.24) is 18.7 Å². The molecule has 0 amide bonds. The summed E-state index contributed by atoms with van der Waals surface area (Å²) in [6.07, 6.45) is 0.0467. The number of fused-ring (bicyclic) bond motifs is 1. The van der Waals surface area contributed by atoms with Gasteiger partial charge in [0, 0.05) is 26.9 Å². The number of nitrogens with one attached hydrogen (secondary N) is 1. The molecule has 0 aliphatic heterocycles. The third-order valence-electron chi connectivity index (χ3n) is 3.53. The molecule has 10 heteroatoms. The number of nitrogens with zero attached hydrogens (tertiary/aromatic N) is 5. The van der Waals surface area contributed by atoms with E-state index in [0.717, 1.165) is 4.57 Å². The van der Waals surface area contributed by atoms with E-state index in [1.807, 2.05) is 0 Å². The van der Waals surface area contributed by atoms with Crippen LogP contribution in [0.1, 0.15) is 20.3 Å². The Bertz CT molecular complexity index is 933. The molecule has 0 unspecified atom stereocenters. The van der Waals surface area contributed by atoms with Gasteiger partial charge in [0.1, 0.15) is 0 Å². The zero-order chi connectivity index (χ0) is 18.0. The molecular formula is C14H20N6O4. The molecule has 0 atom stereocenters. The van der Waals surface area contributed by atoms with Crippen molar-refractivity contribution in [3.8, 4) is 0 Å². The van der Waals surface area contributed by atoms with Crippen molar-refractivity contribution in [2.45, 2.75) is 20.3 Å². The zero-order valence-electron chi connectivity index (χ0n) is 14.3. The highest BCUT2D eigenvalue weighted by molar-refractivity contribution is 5.97. The van der Waals surface area contributed by atoms with E-state index in [0.29, 0.717) is 12.3 Å². The van der Waals surface area contributed by atoms with Gasteiger partial charge in [-0.1, -0.05) is 0 Å². The lowest BCUT2D eigenvalue weighted by Crippen LogP contribution is -2.37. The predicted octanol–water partition coefficient (Wildman–Crippen LogP) is -0.288. The molecule has 2 heterocycles. The Morgan fingerprint density at radius 2 is 1.88 bits per heavy atom. The number of aromatic nitrogens is 4. The fraction of sp³-hybridized carbons (Fsp3) is 0.500. The van der Waals surface area contributed by atoms with Crippen molar-refractivity contribution in [3.05, 3.63) is 20.8 Å². The number of hydrogen-bond acceptors (Lipinski definition) is 7. The Balaban J connectivity index is 2.38. The summed E-state index contributed by atoms with van der Waals surface area (Å²) in [6.45, 7) is 3.70. The number of esters is 1. The summed E-state index contributed by atoms with van der Waals surface area (Å²) in [5.74, 6) is -0.0895. The molecule has 24 heavy (non-hydrogen) atoms. The smallest absolute Gasteiger partial charge is 0.332 e. The molecule has 2 rings (SSSR count). The number of hydrogen-bond donors (Lipinski definition) is 1. The fourth-order valence-corrected chi connectivity index (χ4v) is 2.22. The largest absolute Gasteiger partial charge is 0.466 e. The second kappa shape index (κ2) is 6.69. The van der Waals surface area contributed by atoms with E-state index >= 15 is 0 Å². The SMILES string of the molecule is CCOC(=O)C/C(C)=N/Nc1nc2c(c(=O)n(C)c(=O)n2C)n1C. The van der Waals surface area contributed by atoms with Crippen LogP contribution in [0.15, 0.2) is 14.7 Å². The highest BCUT2D eigenvalue weighted by Crippen LogP contribution is 2.13. The molecule has 0 fully saturated rings. The Hall–Kier alpha value is -2.91. The highest BCUT2D eigenvalue weighted by atomic mass is 16.5. The molecule has 0 radical (unpaired) electrons. The number of carbonyl (C=O) groups excluding carboxylic acids is 1. The Morgan fingerprint density at radius 1 is 1.21 bits per heavy atom. The van der Waals surface area contributed by atoms with Crippen molar-refractivity contribution in [3.63, 3.8) is 0 Å². The molecule has 2 aromatic rings. The molecule has 0 spiro atoms. The minimum atomic E-state index is -0.459. The van der Waals surface area contributed by atoms with E-state index in [-0.39, 0.29) is 29.5 Å². The van der Waals surface area contributed by atoms with Crippen LogP contribution in [0.25, 0.3) is 11.2 Å². The molecule has 0 saturated heterocycles. The van der Waals surface area contributed by atoms with Gasteiger partial charge in [-0.2, -0.15) is 10.1 Å². The van der Waals surface area contributed by atoms with Gasteiger partial charge in [-0.15, -0.1) is 0 Å². The van der Waals surface area contributed by atoms with Gasteiger partial charge in [0.15, 0.2) is 11.2 Å². The van der Waals surface area contributed by atoms with E-state index in [2.05, 4.69) is 15.5 Å². The second-order valence-electron chi connectivity index (χ2n) is 5.31. The van der Waals surface area contributed by atoms with Crippen LogP contribution in [0.4, 0.5) is 5.95 Å². The van der Waals surface area contributed by atoms with Crippen molar-refractivity contribution >= 4 is 28.8 Å². The third kappa shape index (κ3) is 3.07. The van der Waals surface area contributed by atoms with Gasteiger partial charge >= 0.3 is 11.7 Å². The van der Waals surface area contributed by atoms with Crippen LogP contribution in [0.3, 0.4) is 0 Å². The van der Waals surface area contributed by atoms with E-state index < -0.39 is 11.2 Å². The molecule has 1 N–H and O–H groups in total. The summed E-state index contributed by atoms with van der Waals surface area (Å²) in [4.78, 5) is 39.8. The summed E-state index contributed by atoms with van der Waals surface area (Å²) in [5.41, 5.74) is 2.85. The molecule has 0 aliphatic carbocycles. The monoisotopic (exact) mass is 336 g/mol. The predicted molar refractivity (Wildman–Crippen MR) is 89.2 cm³/mol. The van der Waals surface area contributed by atoms with Crippen LogP contribution >= 0.6 is 0 Å². The summed E-state index contributed by atoms with van der Waals surface area (Å²) in [7, 11) is 4.59. The maximum Gasteiger partial charge on any atom is 0.332 e. The number of hydrazone groups is 1. The molecule has 10 nitrogen and oxygen atoms in total. The zero-order valence-corrected chi connectivity index (χ0v) is 14.3. The van der Waals surface area contributed by atoms with Crippen molar-refractivity contribution in [2.24, 2.45) is 26.2 Å². The van der Waals surface area contributed by atoms with Crippen molar-refractivity contribution in [1.29, 1.82) is 0 Å². The number of rotatable bonds is 5. The summed E-state index contributed by atoms with van der Waals surface area (Å²) >= 11 is 0.